The largest absolute Gasteiger partial charge is 0.478 e. The number of nitrogens with one attached hydrogen (secondary N) is 1. The number of aromatic amines is 1. The molecule has 0 unspecified atom stereocenters. The summed E-state index contributed by atoms with van der Waals surface area (Å²) in [5, 5.41) is 9.64. The van der Waals surface area contributed by atoms with Crippen molar-refractivity contribution >= 4 is 29.2 Å². The number of pyridine rings is 1. The first-order chi connectivity index (χ1) is 8.50. The molecule has 0 saturated carbocycles. The number of carboxylic acids is 1. The third-order valence-electron chi connectivity index (χ3n) is 2.40. The molecule has 0 fully saturated rings. The summed E-state index contributed by atoms with van der Waals surface area (Å²) in [5.74, 6) is -1.20. The van der Waals surface area contributed by atoms with Crippen LogP contribution < -0.4 is 5.56 Å². The maximum atomic E-state index is 11.2. The Bertz CT molecular complexity index is 679. The Morgan fingerprint density at radius 2 is 1.94 bits per heavy atom. The van der Waals surface area contributed by atoms with Gasteiger partial charge in [-0.2, -0.15) is 0 Å². The number of carboxylic acid groups (broad SMARTS) is 1. The van der Waals surface area contributed by atoms with E-state index in [9.17, 15) is 9.59 Å². The molecule has 0 atom stereocenters. The van der Waals surface area contributed by atoms with Gasteiger partial charge in [-0.3, -0.25) is 4.79 Å². The second-order valence-electron chi connectivity index (χ2n) is 3.53. The molecule has 4 nitrogen and oxygen atoms in total. The molecule has 0 amide bonds. The lowest BCUT2D eigenvalue weighted by Crippen LogP contribution is -2.10. The van der Waals surface area contributed by atoms with Crippen LogP contribution in [0.2, 0.25) is 10.0 Å². The molecule has 0 spiro atoms. The van der Waals surface area contributed by atoms with Gasteiger partial charge in [0.25, 0.3) is 0 Å². The Morgan fingerprint density at radius 1 is 1.22 bits per heavy atom. The Kier molecular flexibility index (Phi) is 3.41. The number of aromatic nitrogens is 1. The maximum absolute atomic E-state index is 11.2. The summed E-state index contributed by atoms with van der Waals surface area (Å²) >= 11 is 11.9. The van der Waals surface area contributed by atoms with E-state index < -0.39 is 11.5 Å². The highest BCUT2D eigenvalue weighted by atomic mass is 35.5. The fourth-order valence-corrected chi connectivity index (χ4v) is 1.99. The van der Waals surface area contributed by atoms with Crippen LogP contribution in [0, 0.1) is 0 Å². The van der Waals surface area contributed by atoms with Crippen molar-refractivity contribution in [3.05, 3.63) is 56.4 Å². The second-order valence-corrected chi connectivity index (χ2v) is 4.32. The predicted molar refractivity (Wildman–Crippen MR) is 69.5 cm³/mol. The Morgan fingerprint density at radius 3 is 2.61 bits per heavy atom. The van der Waals surface area contributed by atoms with Crippen molar-refractivity contribution in [1.82, 2.24) is 4.98 Å². The molecule has 0 bridgehead atoms. The summed E-state index contributed by atoms with van der Waals surface area (Å²) in [4.78, 5) is 24.7. The zero-order valence-corrected chi connectivity index (χ0v) is 10.4. The standard InChI is InChI=1S/C12H7Cl2NO3/c13-9-3-1-2-6(11(9)14)8-5-15-10(16)4-7(8)12(17)18/h1-5H,(H,15,16)(H,17,18). The van der Waals surface area contributed by atoms with Crippen LogP contribution in [0.5, 0.6) is 0 Å². The Hall–Kier alpha value is -1.78. The lowest BCUT2D eigenvalue weighted by molar-refractivity contribution is 0.0697. The molecule has 6 heteroatoms. The highest BCUT2D eigenvalue weighted by molar-refractivity contribution is 6.43. The van der Waals surface area contributed by atoms with Gasteiger partial charge in [0.1, 0.15) is 0 Å². The smallest absolute Gasteiger partial charge is 0.336 e. The van der Waals surface area contributed by atoms with E-state index in [2.05, 4.69) is 4.98 Å². The molecule has 18 heavy (non-hydrogen) atoms. The summed E-state index contributed by atoms with van der Waals surface area (Å²) in [6.07, 6.45) is 1.31. The second kappa shape index (κ2) is 4.84. The van der Waals surface area contributed by atoms with Gasteiger partial charge in [0, 0.05) is 23.4 Å². The van der Waals surface area contributed by atoms with Gasteiger partial charge in [0.15, 0.2) is 0 Å². The molecule has 92 valence electrons. The molecule has 2 rings (SSSR count). The van der Waals surface area contributed by atoms with Gasteiger partial charge in [0.2, 0.25) is 5.56 Å². The summed E-state index contributed by atoms with van der Waals surface area (Å²) in [6.45, 7) is 0. The molecule has 2 N–H and O–H groups in total. The van der Waals surface area contributed by atoms with Gasteiger partial charge in [-0.05, 0) is 6.07 Å². The maximum Gasteiger partial charge on any atom is 0.336 e. The van der Waals surface area contributed by atoms with Crippen LogP contribution in [0.4, 0.5) is 0 Å². The van der Waals surface area contributed by atoms with Crippen LogP contribution in [0.25, 0.3) is 11.1 Å². The van der Waals surface area contributed by atoms with Gasteiger partial charge >= 0.3 is 5.97 Å². The first-order valence-electron chi connectivity index (χ1n) is 4.91. The average molecular weight is 284 g/mol. The molecule has 0 aliphatic rings. The molecular weight excluding hydrogens is 277 g/mol. The molecule has 0 aliphatic carbocycles. The fraction of sp³-hybridized carbons (Fsp3) is 0. The molecule has 1 aromatic heterocycles. The van der Waals surface area contributed by atoms with Gasteiger partial charge in [-0.15, -0.1) is 0 Å². The van der Waals surface area contributed by atoms with E-state index >= 15 is 0 Å². The van der Waals surface area contributed by atoms with Gasteiger partial charge < -0.3 is 10.1 Å². The highest BCUT2D eigenvalue weighted by Crippen LogP contribution is 2.34. The number of rotatable bonds is 2. The van der Waals surface area contributed by atoms with Crippen molar-refractivity contribution < 1.29 is 9.90 Å². The third-order valence-corrected chi connectivity index (χ3v) is 3.22. The molecular formula is C12H7Cl2NO3. The van der Waals surface area contributed by atoms with Crippen molar-refractivity contribution in [2.45, 2.75) is 0 Å². The summed E-state index contributed by atoms with van der Waals surface area (Å²) in [5.41, 5.74) is 0.157. The number of carbonyl (C=O) groups is 1. The van der Waals surface area contributed by atoms with Crippen LogP contribution in [0.15, 0.2) is 35.3 Å². The third kappa shape index (κ3) is 2.25. The summed E-state index contributed by atoms with van der Waals surface area (Å²) < 4.78 is 0. The van der Waals surface area contributed by atoms with Gasteiger partial charge in [0.05, 0.1) is 15.6 Å². The van der Waals surface area contributed by atoms with E-state index in [0.29, 0.717) is 16.1 Å². The number of hydrogen-bond acceptors (Lipinski definition) is 2. The molecule has 0 radical (unpaired) electrons. The Labute approximate surface area is 112 Å². The van der Waals surface area contributed by atoms with Crippen molar-refractivity contribution in [3.8, 4) is 11.1 Å². The number of aromatic carboxylic acids is 1. The number of halogens is 2. The normalized spacial score (nSPS) is 10.3. The fourth-order valence-electron chi connectivity index (χ4n) is 1.58. The van der Waals surface area contributed by atoms with E-state index in [1.807, 2.05) is 0 Å². The lowest BCUT2D eigenvalue weighted by Gasteiger charge is -2.08. The zero-order chi connectivity index (χ0) is 13.3. The Balaban J connectivity index is 2.75. The molecule has 2 aromatic rings. The van der Waals surface area contributed by atoms with Crippen molar-refractivity contribution in [2.75, 3.05) is 0 Å². The average Bonchev–Trinajstić information content (AvgIpc) is 2.33. The van der Waals surface area contributed by atoms with Crippen molar-refractivity contribution in [1.29, 1.82) is 0 Å². The predicted octanol–water partition coefficient (Wildman–Crippen LogP) is 3.05. The number of benzene rings is 1. The van der Waals surface area contributed by atoms with E-state index in [0.717, 1.165) is 6.07 Å². The first kappa shape index (κ1) is 12.7. The topological polar surface area (TPSA) is 70.2 Å². The monoisotopic (exact) mass is 283 g/mol. The van der Waals surface area contributed by atoms with Crippen LogP contribution in [0.3, 0.4) is 0 Å². The van der Waals surface area contributed by atoms with Gasteiger partial charge in [-0.25, -0.2) is 4.79 Å². The number of H-pyrrole nitrogens is 1. The number of hydrogen-bond donors (Lipinski definition) is 2. The lowest BCUT2D eigenvalue weighted by atomic mass is 10.0. The van der Waals surface area contributed by atoms with Crippen molar-refractivity contribution in [3.63, 3.8) is 0 Å². The minimum absolute atomic E-state index is 0.122. The first-order valence-corrected chi connectivity index (χ1v) is 5.66. The van der Waals surface area contributed by atoms with Crippen LogP contribution in [-0.2, 0) is 0 Å². The van der Waals surface area contributed by atoms with Crippen LogP contribution in [-0.4, -0.2) is 16.1 Å². The summed E-state index contributed by atoms with van der Waals surface area (Å²) in [7, 11) is 0. The van der Waals surface area contributed by atoms with Crippen LogP contribution >= 0.6 is 23.2 Å². The van der Waals surface area contributed by atoms with Crippen molar-refractivity contribution in [2.24, 2.45) is 0 Å². The molecule has 0 aliphatic heterocycles. The van der Waals surface area contributed by atoms with Crippen LogP contribution in [0.1, 0.15) is 10.4 Å². The van der Waals surface area contributed by atoms with E-state index in [4.69, 9.17) is 28.3 Å². The molecule has 1 heterocycles. The molecule has 0 saturated heterocycles. The van der Waals surface area contributed by atoms with E-state index in [-0.39, 0.29) is 10.6 Å². The van der Waals surface area contributed by atoms with E-state index in [1.165, 1.54) is 6.20 Å². The highest BCUT2D eigenvalue weighted by Gasteiger charge is 2.15. The minimum atomic E-state index is -1.20. The quantitative estimate of drug-likeness (QED) is 0.890. The van der Waals surface area contributed by atoms with Gasteiger partial charge in [-0.1, -0.05) is 35.3 Å². The molecule has 1 aromatic carbocycles. The minimum Gasteiger partial charge on any atom is -0.478 e. The SMILES string of the molecule is O=C(O)c1cc(=O)[nH]cc1-c1cccc(Cl)c1Cl. The summed E-state index contributed by atoms with van der Waals surface area (Å²) in [6, 6.07) is 5.89. The zero-order valence-electron chi connectivity index (χ0n) is 8.91. The van der Waals surface area contributed by atoms with E-state index in [1.54, 1.807) is 18.2 Å².